The molecule has 0 saturated heterocycles. The average Bonchev–Trinajstić information content (AvgIpc) is 2.92. The van der Waals surface area contributed by atoms with Crippen molar-refractivity contribution in [2.45, 2.75) is 26.8 Å². The van der Waals surface area contributed by atoms with Crippen molar-refractivity contribution in [1.82, 2.24) is 10.1 Å². The molecule has 104 valence electrons. The molecule has 5 nitrogen and oxygen atoms in total. The first-order valence-electron chi connectivity index (χ1n) is 6.40. The van der Waals surface area contributed by atoms with Crippen LogP contribution < -0.4 is 11.1 Å². The maximum Gasteiger partial charge on any atom is 0.184 e. The Morgan fingerprint density at radius 2 is 2.15 bits per heavy atom. The summed E-state index contributed by atoms with van der Waals surface area (Å²) in [4.78, 5) is 4.56. The lowest BCUT2D eigenvalue weighted by molar-refractivity contribution is 0.392. The molecule has 0 radical (unpaired) electrons. The molecule has 0 aliphatic carbocycles. The van der Waals surface area contributed by atoms with Gasteiger partial charge in [-0.1, -0.05) is 16.5 Å². The van der Waals surface area contributed by atoms with Crippen molar-refractivity contribution in [3.05, 3.63) is 35.2 Å². The molecule has 2 heterocycles. The van der Waals surface area contributed by atoms with E-state index in [9.17, 15) is 0 Å². The third-order valence-electron chi connectivity index (χ3n) is 3.27. The van der Waals surface area contributed by atoms with Crippen molar-refractivity contribution < 1.29 is 4.52 Å². The Kier molecular flexibility index (Phi) is 3.10. The molecule has 1 atom stereocenters. The van der Waals surface area contributed by atoms with Crippen LogP contribution in [0.15, 0.2) is 22.7 Å². The standard InChI is InChI=1S/C14H16N4OS/c1-7(13-8(2)18-19-9(13)3)16-14-17-11-5-4-10(15)6-12(11)20-14/h4-7H,15H2,1-3H3,(H,16,17). The van der Waals surface area contributed by atoms with Crippen molar-refractivity contribution >= 4 is 32.4 Å². The topological polar surface area (TPSA) is 77.0 Å². The Hall–Kier alpha value is -2.08. The van der Waals surface area contributed by atoms with Gasteiger partial charge in [0.15, 0.2) is 5.13 Å². The molecule has 20 heavy (non-hydrogen) atoms. The molecule has 0 aliphatic rings. The van der Waals surface area contributed by atoms with Crippen molar-refractivity contribution in [2.75, 3.05) is 11.1 Å². The third-order valence-corrected chi connectivity index (χ3v) is 4.22. The second-order valence-corrected chi connectivity index (χ2v) is 5.88. The molecule has 0 spiro atoms. The number of thiazole rings is 1. The minimum Gasteiger partial charge on any atom is -0.399 e. The number of nitrogen functional groups attached to an aromatic ring is 1. The van der Waals surface area contributed by atoms with Gasteiger partial charge < -0.3 is 15.6 Å². The number of nitrogens with zero attached hydrogens (tertiary/aromatic N) is 2. The van der Waals surface area contributed by atoms with Crippen LogP contribution in [0.5, 0.6) is 0 Å². The lowest BCUT2D eigenvalue weighted by atomic mass is 10.1. The number of benzene rings is 1. The van der Waals surface area contributed by atoms with E-state index in [2.05, 4.69) is 22.4 Å². The van der Waals surface area contributed by atoms with Crippen LogP contribution in [-0.2, 0) is 0 Å². The third kappa shape index (κ3) is 2.22. The predicted octanol–water partition coefficient (Wildman–Crippen LogP) is 3.66. The minimum absolute atomic E-state index is 0.0964. The Morgan fingerprint density at radius 3 is 2.85 bits per heavy atom. The first-order chi connectivity index (χ1) is 9.54. The molecule has 0 amide bonds. The summed E-state index contributed by atoms with van der Waals surface area (Å²) in [5.74, 6) is 0.841. The van der Waals surface area contributed by atoms with Gasteiger partial charge in [-0.25, -0.2) is 4.98 Å². The lowest BCUT2D eigenvalue weighted by Crippen LogP contribution is -2.08. The van der Waals surface area contributed by atoms with Crippen LogP contribution in [0.1, 0.15) is 30.0 Å². The number of fused-ring (bicyclic) bond motifs is 1. The molecular weight excluding hydrogens is 272 g/mol. The van der Waals surface area contributed by atoms with Gasteiger partial charge >= 0.3 is 0 Å². The average molecular weight is 288 g/mol. The van der Waals surface area contributed by atoms with E-state index in [0.29, 0.717) is 0 Å². The number of hydrogen-bond acceptors (Lipinski definition) is 6. The van der Waals surface area contributed by atoms with E-state index in [1.54, 1.807) is 11.3 Å². The molecule has 1 aromatic carbocycles. The summed E-state index contributed by atoms with van der Waals surface area (Å²) in [5, 5.41) is 8.26. The highest BCUT2D eigenvalue weighted by atomic mass is 32.1. The number of aryl methyl sites for hydroxylation is 2. The second-order valence-electron chi connectivity index (χ2n) is 4.85. The number of anilines is 2. The Bertz CT molecular complexity index is 742. The molecule has 0 bridgehead atoms. The number of hydrogen-bond donors (Lipinski definition) is 2. The highest BCUT2D eigenvalue weighted by Gasteiger charge is 2.17. The zero-order valence-electron chi connectivity index (χ0n) is 11.6. The zero-order chi connectivity index (χ0) is 14.3. The van der Waals surface area contributed by atoms with E-state index in [4.69, 9.17) is 10.3 Å². The van der Waals surface area contributed by atoms with Crippen LogP contribution >= 0.6 is 11.3 Å². The molecule has 0 aliphatic heterocycles. The maximum absolute atomic E-state index is 5.79. The van der Waals surface area contributed by atoms with E-state index in [1.165, 1.54) is 0 Å². The number of nitrogens with one attached hydrogen (secondary N) is 1. The summed E-state index contributed by atoms with van der Waals surface area (Å²) in [6, 6.07) is 5.84. The summed E-state index contributed by atoms with van der Waals surface area (Å²) in [6.45, 7) is 5.95. The van der Waals surface area contributed by atoms with Crippen LogP contribution in [0.4, 0.5) is 10.8 Å². The quantitative estimate of drug-likeness (QED) is 0.719. The summed E-state index contributed by atoms with van der Waals surface area (Å²) < 4.78 is 6.29. The molecule has 6 heteroatoms. The first-order valence-corrected chi connectivity index (χ1v) is 7.21. The van der Waals surface area contributed by atoms with E-state index < -0.39 is 0 Å². The molecule has 2 aromatic heterocycles. The second kappa shape index (κ2) is 4.79. The van der Waals surface area contributed by atoms with Gasteiger partial charge in [-0.05, 0) is 39.0 Å². The van der Waals surface area contributed by atoms with E-state index >= 15 is 0 Å². The van der Waals surface area contributed by atoms with Crippen LogP contribution in [0.3, 0.4) is 0 Å². The van der Waals surface area contributed by atoms with Crippen LogP contribution in [0.2, 0.25) is 0 Å². The van der Waals surface area contributed by atoms with Gasteiger partial charge in [-0.3, -0.25) is 0 Å². The molecule has 0 fully saturated rings. The molecule has 3 rings (SSSR count). The Balaban J connectivity index is 1.89. The lowest BCUT2D eigenvalue weighted by Gasteiger charge is -2.12. The SMILES string of the molecule is Cc1noc(C)c1C(C)Nc1nc2ccc(N)cc2s1. The molecule has 3 aromatic rings. The van der Waals surface area contributed by atoms with E-state index in [1.807, 2.05) is 32.0 Å². The van der Waals surface area contributed by atoms with Crippen LogP contribution in [0.25, 0.3) is 10.2 Å². The molecule has 3 N–H and O–H groups in total. The predicted molar refractivity (Wildman–Crippen MR) is 82.0 cm³/mol. The minimum atomic E-state index is 0.0964. The van der Waals surface area contributed by atoms with E-state index in [0.717, 1.165) is 38.1 Å². The van der Waals surface area contributed by atoms with Crippen molar-refractivity contribution in [1.29, 1.82) is 0 Å². The van der Waals surface area contributed by atoms with Gasteiger partial charge in [-0.15, -0.1) is 0 Å². The van der Waals surface area contributed by atoms with Crippen LogP contribution in [0, 0.1) is 13.8 Å². The van der Waals surface area contributed by atoms with Crippen molar-refractivity contribution in [2.24, 2.45) is 0 Å². The molecule has 1 unspecified atom stereocenters. The smallest absolute Gasteiger partial charge is 0.184 e. The van der Waals surface area contributed by atoms with Gasteiger partial charge in [0.1, 0.15) is 5.76 Å². The fourth-order valence-corrected chi connectivity index (χ4v) is 3.37. The Morgan fingerprint density at radius 1 is 1.35 bits per heavy atom. The molecule has 0 saturated carbocycles. The van der Waals surface area contributed by atoms with Gasteiger partial charge in [0, 0.05) is 11.3 Å². The summed E-state index contributed by atoms with van der Waals surface area (Å²) in [7, 11) is 0. The monoisotopic (exact) mass is 288 g/mol. The Labute approximate surface area is 120 Å². The summed E-state index contributed by atoms with van der Waals surface area (Å²) >= 11 is 1.60. The zero-order valence-corrected chi connectivity index (χ0v) is 12.4. The number of aromatic nitrogens is 2. The summed E-state index contributed by atoms with van der Waals surface area (Å²) in [6.07, 6.45) is 0. The van der Waals surface area contributed by atoms with Crippen LogP contribution in [-0.4, -0.2) is 10.1 Å². The number of rotatable bonds is 3. The van der Waals surface area contributed by atoms with Gasteiger partial charge in [0.05, 0.1) is 22.0 Å². The maximum atomic E-state index is 5.79. The normalized spacial score (nSPS) is 12.8. The van der Waals surface area contributed by atoms with Gasteiger partial charge in [0.2, 0.25) is 0 Å². The van der Waals surface area contributed by atoms with Gasteiger partial charge in [-0.2, -0.15) is 0 Å². The van der Waals surface area contributed by atoms with Crippen molar-refractivity contribution in [3.63, 3.8) is 0 Å². The highest BCUT2D eigenvalue weighted by Crippen LogP contribution is 2.31. The first kappa shape index (κ1) is 12.9. The fourth-order valence-electron chi connectivity index (χ4n) is 2.37. The summed E-state index contributed by atoms with van der Waals surface area (Å²) in [5.41, 5.74) is 9.50. The van der Waals surface area contributed by atoms with Gasteiger partial charge in [0.25, 0.3) is 0 Å². The highest BCUT2D eigenvalue weighted by molar-refractivity contribution is 7.22. The fraction of sp³-hybridized carbons (Fsp3) is 0.286. The van der Waals surface area contributed by atoms with Crippen molar-refractivity contribution in [3.8, 4) is 0 Å². The number of nitrogens with two attached hydrogens (primary N) is 1. The largest absolute Gasteiger partial charge is 0.399 e. The van der Waals surface area contributed by atoms with E-state index in [-0.39, 0.29) is 6.04 Å². The molecular formula is C14H16N4OS.